The summed E-state index contributed by atoms with van der Waals surface area (Å²) in [6.45, 7) is 4.32. The number of aromatic nitrogens is 2. The molecule has 1 heterocycles. The van der Waals surface area contributed by atoms with Crippen molar-refractivity contribution >= 4 is 21.7 Å². The minimum absolute atomic E-state index is 0.535. The van der Waals surface area contributed by atoms with Gasteiger partial charge in [0, 0.05) is 21.8 Å². The average Bonchev–Trinajstić information content (AvgIpc) is 2.38. The molecule has 0 aliphatic heterocycles. The fourth-order valence-electron chi connectivity index (χ4n) is 1.86. The first-order valence-electron chi connectivity index (χ1n) is 6.19. The van der Waals surface area contributed by atoms with Crippen molar-refractivity contribution in [1.29, 1.82) is 0 Å². The molecule has 0 aliphatic carbocycles. The van der Waals surface area contributed by atoms with E-state index in [0.29, 0.717) is 17.6 Å². The molecule has 0 radical (unpaired) electrons. The van der Waals surface area contributed by atoms with Gasteiger partial charge in [-0.1, -0.05) is 48.0 Å². The van der Waals surface area contributed by atoms with Crippen LogP contribution in [0.4, 0.5) is 5.82 Å². The Hall–Kier alpha value is -1.46. The zero-order valence-electron chi connectivity index (χ0n) is 11.0. The van der Waals surface area contributed by atoms with Crippen LogP contribution in [0.25, 0.3) is 11.4 Å². The van der Waals surface area contributed by atoms with Crippen molar-refractivity contribution in [1.82, 2.24) is 9.97 Å². The molecule has 2 aromatic rings. The van der Waals surface area contributed by atoms with Crippen LogP contribution in [0.1, 0.15) is 19.5 Å². The molecule has 0 unspecified atom stereocenters. The number of nitrogens with zero attached hydrogens (tertiary/aromatic N) is 2. The number of nitrogen functional groups attached to an aromatic ring is 1. The zero-order chi connectivity index (χ0) is 13.8. The van der Waals surface area contributed by atoms with Gasteiger partial charge in [-0.05, 0) is 18.4 Å². The van der Waals surface area contributed by atoms with E-state index in [-0.39, 0.29) is 0 Å². The second kappa shape index (κ2) is 6.12. The first kappa shape index (κ1) is 14.0. The SMILES string of the molecule is CC(C)Cc1cc(NN)nc(-c2ccccc2Br)n1. The second-order valence-electron chi connectivity index (χ2n) is 4.79. The molecule has 1 aromatic carbocycles. The van der Waals surface area contributed by atoms with Crippen LogP contribution in [0.15, 0.2) is 34.8 Å². The van der Waals surface area contributed by atoms with Crippen molar-refractivity contribution in [2.45, 2.75) is 20.3 Å². The fraction of sp³-hybridized carbons (Fsp3) is 0.286. The Balaban J connectivity index is 2.48. The number of halogens is 1. The zero-order valence-corrected chi connectivity index (χ0v) is 12.6. The number of benzene rings is 1. The maximum atomic E-state index is 5.48. The summed E-state index contributed by atoms with van der Waals surface area (Å²) in [7, 11) is 0. The molecule has 19 heavy (non-hydrogen) atoms. The molecule has 0 amide bonds. The summed E-state index contributed by atoms with van der Waals surface area (Å²) in [6, 6.07) is 9.78. The van der Waals surface area contributed by atoms with Gasteiger partial charge >= 0.3 is 0 Å². The normalized spacial score (nSPS) is 10.8. The monoisotopic (exact) mass is 320 g/mol. The van der Waals surface area contributed by atoms with Gasteiger partial charge in [0.25, 0.3) is 0 Å². The van der Waals surface area contributed by atoms with Gasteiger partial charge in [-0.15, -0.1) is 0 Å². The third kappa shape index (κ3) is 3.52. The molecule has 0 atom stereocenters. The Morgan fingerprint density at radius 1 is 1.26 bits per heavy atom. The van der Waals surface area contributed by atoms with Crippen molar-refractivity contribution in [2.24, 2.45) is 11.8 Å². The minimum Gasteiger partial charge on any atom is -0.308 e. The lowest BCUT2D eigenvalue weighted by molar-refractivity contribution is 0.635. The standard InChI is InChI=1S/C14H17BrN4/c1-9(2)7-10-8-13(19-16)18-14(17-10)11-5-3-4-6-12(11)15/h3-6,8-9H,7,16H2,1-2H3,(H,17,18,19). The lowest BCUT2D eigenvalue weighted by Crippen LogP contribution is -2.11. The van der Waals surface area contributed by atoms with Crippen LogP contribution >= 0.6 is 15.9 Å². The molecular formula is C14H17BrN4. The lowest BCUT2D eigenvalue weighted by Gasteiger charge is -2.10. The first-order chi connectivity index (χ1) is 9.10. The van der Waals surface area contributed by atoms with E-state index in [1.807, 2.05) is 30.3 Å². The fourth-order valence-corrected chi connectivity index (χ4v) is 2.32. The summed E-state index contributed by atoms with van der Waals surface area (Å²) >= 11 is 3.52. The van der Waals surface area contributed by atoms with Crippen LogP contribution in [0.3, 0.4) is 0 Å². The van der Waals surface area contributed by atoms with E-state index in [1.54, 1.807) is 0 Å². The molecule has 1 aromatic heterocycles. The molecular weight excluding hydrogens is 304 g/mol. The van der Waals surface area contributed by atoms with Crippen molar-refractivity contribution in [2.75, 3.05) is 5.43 Å². The molecule has 0 spiro atoms. The summed E-state index contributed by atoms with van der Waals surface area (Å²) < 4.78 is 0.972. The van der Waals surface area contributed by atoms with Gasteiger partial charge < -0.3 is 5.43 Å². The maximum Gasteiger partial charge on any atom is 0.162 e. The molecule has 5 heteroatoms. The molecule has 0 saturated heterocycles. The number of anilines is 1. The van der Waals surface area contributed by atoms with Gasteiger partial charge in [-0.2, -0.15) is 0 Å². The van der Waals surface area contributed by atoms with Crippen molar-refractivity contribution in [3.63, 3.8) is 0 Å². The Morgan fingerprint density at radius 2 is 2.00 bits per heavy atom. The molecule has 100 valence electrons. The van der Waals surface area contributed by atoms with Gasteiger partial charge in [-0.3, -0.25) is 0 Å². The largest absolute Gasteiger partial charge is 0.308 e. The highest BCUT2D eigenvalue weighted by Gasteiger charge is 2.10. The molecule has 0 bridgehead atoms. The summed E-state index contributed by atoms with van der Waals surface area (Å²) in [4.78, 5) is 9.03. The van der Waals surface area contributed by atoms with Crippen LogP contribution < -0.4 is 11.3 Å². The van der Waals surface area contributed by atoms with Gasteiger partial charge in [-0.25, -0.2) is 15.8 Å². The Bertz CT molecular complexity index is 569. The van der Waals surface area contributed by atoms with E-state index in [0.717, 1.165) is 22.2 Å². The molecule has 3 N–H and O–H groups in total. The molecule has 4 nitrogen and oxygen atoms in total. The van der Waals surface area contributed by atoms with E-state index in [2.05, 4.69) is 45.2 Å². The quantitative estimate of drug-likeness (QED) is 0.669. The van der Waals surface area contributed by atoms with E-state index in [9.17, 15) is 0 Å². The van der Waals surface area contributed by atoms with Crippen LogP contribution in [0, 0.1) is 5.92 Å². The van der Waals surface area contributed by atoms with E-state index < -0.39 is 0 Å². The summed E-state index contributed by atoms with van der Waals surface area (Å²) in [6.07, 6.45) is 0.897. The van der Waals surface area contributed by atoms with Gasteiger partial charge in [0.2, 0.25) is 0 Å². The highest BCUT2D eigenvalue weighted by molar-refractivity contribution is 9.10. The number of hydrogen-bond acceptors (Lipinski definition) is 4. The van der Waals surface area contributed by atoms with Gasteiger partial charge in [0.15, 0.2) is 5.82 Å². The van der Waals surface area contributed by atoms with Crippen molar-refractivity contribution < 1.29 is 0 Å². The Labute approximate surface area is 121 Å². The highest BCUT2D eigenvalue weighted by Crippen LogP contribution is 2.26. The molecule has 0 saturated carbocycles. The lowest BCUT2D eigenvalue weighted by atomic mass is 10.1. The van der Waals surface area contributed by atoms with Crippen molar-refractivity contribution in [3.05, 3.63) is 40.5 Å². The maximum absolute atomic E-state index is 5.48. The summed E-state index contributed by atoms with van der Waals surface area (Å²) in [5, 5.41) is 0. The van der Waals surface area contributed by atoms with Gasteiger partial charge in [0.1, 0.15) is 5.82 Å². The van der Waals surface area contributed by atoms with Gasteiger partial charge in [0.05, 0.1) is 0 Å². The second-order valence-corrected chi connectivity index (χ2v) is 5.64. The van der Waals surface area contributed by atoms with E-state index >= 15 is 0 Å². The van der Waals surface area contributed by atoms with E-state index in [1.165, 1.54) is 0 Å². The van der Waals surface area contributed by atoms with Crippen LogP contribution in [-0.2, 0) is 6.42 Å². The number of hydrazine groups is 1. The minimum atomic E-state index is 0.535. The smallest absolute Gasteiger partial charge is 0.162 e. The third-order valence-corrected chi connectivity index (χ3v) is 3.35. The average molecular weight is 321 g/mol. The molecule has 0 aliphatic rings. The Morgan fingerprint density at radius 3 is 2.63 bits per heavy atom. The van der Waals surface area contributed by atoms with Crippen LogP contribution in [0.5, 0.6) is 0 Å². The van der Waals surface area contributed by atoms with Crippen molar-refractivity contribution in [3.8, 4) is 11.4 Å². The highest BCUT2D eigenvalue weighted by atomic mass is 79.9. The molecule has 2 rings (SSSR count). The topological polar surface area (TPSA) is 63.8 Å². The third-order valence-electron chi connectivity index (χ3n) is 2.66. The number of hydrogen-bond donors (Lipinski definition) is 2. The predicted molar refractivity (Wildman–Crippen MR) is 81.5 cm³/mol. The summed E-state index contributed by atoms with van der Waals surface area (Å²) in [5.41, 5.74) is 4.56. The number of nitrogens with one attached hydrogen (secondary N) is 1. The summed E-state index contributed by atoms with van der Waals surface area (Å²) in [5.74, 6) is 7.33. The number of rotatable bonds is 4. The Kier molecular flexibility index (Phi) is 4.50. The van der Waals surface area contributed by atoms with Crippen LogP contribution in [0.2, 0.25) is 0 Å². The molecule has 0 fully saturated rings. The number of nitrogens with two attached hydrogens (primary N) is 1. The van der Waals surface area contributed by atoms with E-state index in [4.69, 9.17) is 5.84 Å². The predicted octanol–water partition coefficient (Wildman–Crippen LogP) is 3.39. The first-order valence-corrected chi connectivity index (χ1v) is 6.99. The van der Waals surface area contributed by atoms with Crippen LogP contribution in [-0.4, -0.2) is 9.97 Å².